The molecule has 0 aliphatic heterocycles. The number of quaternary nitrogens is 1. The van der Waals surface area contributed by atoms with Crippen LogP contribution in [0.3, 0.4) is 0 Å². The molecular weight excluding hydrogens is 322 g/mol. The molecule has 0 fully saturated rings. The van der Waals surface area contributed by atoms with Crippen LogP contribution in [0.25, 0.3) is 0 Å². The molecule has 2 amide bonds. The smallest absolute Gasteiger partial charge is 0.275 e. The minimum atomic E-state index is -0.539. The van der Waals surface area contributed by atoms with Gasteiger partial charge in [0.2, 0.25) is 5.91 Å². The minimum Gasteiger partial charge on any atom is -0.368 e. The minimum absolute atomic E-state index is 0.0607. The Morgan fingerprint density at radius 1 is 1.17 bits per heavy atom. The Morgan fingerprint density at radius 2 is 1.83 bits per heavy atom. The monoisotopic (exact) mass is 346 g/mol. The maximum Gasteiger partial charge on any atom is 0.275 e. The fourth-order valence-electron chi connectivity index (χ4n) is 2.46. The molecule has 0 saturated heterocycles. The van der Waals surface area contributed by atoms with E-state index >= 15 is 0 Å². The zero-order chi connectivity index (χ0) is 17.5. The van der Waals surface area contributed by atoms with Gasteiger partial charge in [0, 0.05) is 5.56 Å². The number of hydrogen-bond acceptors (Lipinski definition) is 3. The lowest BCUT2D eigenvalue weighted by Crippen LogP contribution is -2.87. The third-order valence-electron chi connectivity index (χ3n) is 3.81. The lowest BCUT2D eigenvalue weighted by atomic mass is 9.98. The van der Waals surface area contributed by atoms with E-state index in [1.807, 2.05) is 16.8 Å². The van der Waals surface area contributed by atoms with Gasteiger partial charge in [-0.05, 0) is 22.9 Å². The largest absolute Gasteiger partial charge is 0.368 e. The highest BCUT2D eigenvalue weighted by Crippen LogP contribution is 2.24. The first-order valence-corrected chi connectivity index (χ1v) is 8.87. The second-order valence-corrected chi connectivity index (χ2v) is 6.98. The Labute approximate surface area is 146 Å². The third-order valence-corrected chi connectivity index (χ3v) is 4.77. The van der Waals surface area contributed by atoms with Crippen LogP contribution < -0.4 is 16.4 Å². The summed E-state index contributed by atoms with van der Waals surface area (Å²) in [5.41, 5.74) is 7.49. The van der Waals surface area contributed by atoms with Gasteiger partial charge in [-0.25, -0.2) is 0 Å². The van der Waals surface area contributed by atoms with E-state index in [2.05, 4.69) is 49.5 Å². The zero-order valence-electron chi connectivity index (χ0n) is 14.0. The van der Waals surface area contributed by atoms with E-state index in [4.69, 9.17) is 5.73 Å². The summed E-state index contributed by atoms with van der Waals surface area (Å²) in [5, 5.41) is 6.53. The summed E-state index contributed by atoms with van der Waals surface area (Å²) in [6.45, 7) is 4.45. The van der Waals surface area contributed by atoms with Crippen molar-refractivity contribution in [3.8, 4) is 0 Å². The van der Waals surface area contributed by atoms with Crippen LogP contribution in [0.1, 0.15) is 41.8 Å². The molecule has 1 aromatic heterocycles. The van der Waals surface area contributed by atoms with Crippen molar-refractivity contribution in [3.05, 3.63) is 57.8 Å². The van der Waals surface area contributed by atoms with Crippen molar-refractivity contribution < 1.29 is 14.9 Å². The molecule has 0 bridgehead atoms. The van der Waals surface area contributed by atoms with E-state index in [1.165, 1.54) is 10.4 Å². The van der Waals surface area contributed by atoms with Gasteiger partial charge in [-0.2, -0.15) is 0 Å². The maximum absolute atomic E-state index is 11.8. The van der Waals surface area contributed by atoms with Gasteiger partial charge in [0.05, 0.1) is 11.4 Å². The summed E-state index contributed by atoms with van der Waals surface area (Å²) >= 11 is 1.67. The van der Waals surface area contributed by atoms with Gasteiger partial charge in [-0.1, -0.05) is 44.2 Å². The van der Waals surface area contributed by atoms with Gasteiger partial charge in [0.25, 0.3) is 5.91 Å². The second kappa shape index (κ2) is 8.61. The summed E-state index contributed by atoms with van der Waals surface area (Å²) in [5.74, 6) is -0.251. The van der Waals surface area contributed by atoms with Gasteiger partial charge in [0.15, 0.2) is 6.54 Å². The van der Waals surface area contributed by atoms with E-state index in [-0.39, 0.29) is 25.0 Å². The highest BCUT2D eigenvalue weighted by molar-refractivity contribution is 7.10. The number of amides is 2. The number of hydrogen-bond donors (Lipinski definition) is 3. The molecule has 1 atom stereocenters. The number of nitrogens with one attached hydrogen (secondary N) is 1. The van der Waals surface area contributed by atoms with E-state index in [9.17, 15) is 9.59 Å². The normalized spacial score (nSPS) is 12.1. The molecule has 0 unspecified atom stereocenters. The number of primary amides is 1. The number of thiophene rings is 1. The van der Waals surface area contributed by atoms with Gasteiger partial charge >= 0.3 is 0 Å². The molecule has 24 heavy (non-hydrogen) atoms. The Hall–Kier alpha value is -2.18. The average molecular weight is 346 g/mol. The molecule has 0 aliphatic carbocycles. The van der Waals surface area contributed by atoms with Gasteiger partial charge in [-0.3, -0.25) is 9.59 Å². The first-order chi connectivity index (χ1) is 11.5. The Bertz CT molecular complexity index is 666. The molecule has 0 radical (unpaired) electrons. The first kappa shape index (κ1) is 18.2. The lowest BCUT2D eigenvalue weighted by Gasteiger charge is -2.16. The fourth-order valence-corrected chi connectivity index (χ4v) is 3.31. The highest BCUT2D eigenvalue weighted by atomic mass is 32.1. The number of rotatable bonds is 8. The van der Waals surface area contributed by atoms with Crippen molar-refractivity contribution in [1.29, 1.82) is 0 Å². The molecule has 0 spiro atoms. The molecule has 128 valence electrons. The Morgan fingerprint density at radius 3 is 2.38 bits per heavy atom. The molecule has 5 nitrogen and oxygen atoms in total. The van der Waals surface area contributed by atoms with Crippen LogP contribution in [0.15, 0.2) is 41.8 Å². The molecule has 6 heteroatoms. The van der Waals surface area contributed by atoms with Crippen LogP contribution in [-0.4, -0.2) is 24.9 Å². The first-order valence-electron chi connectivity index (χ1n) is 7.99. The summed E-state index contributed by atoms with van der Waals surface area (Å²) < 4.78 is 0. The predicted molar refractivity (Wildman–Crippen MR) is 95.7 cm³/mol. The quantitative estimate of drug-likeness (QED) is 0.669. The molecule has 0 aliphatic rings. The fraction of sp³-hybridized carbons (Fsp3) is 0.333. The van der Waals surface area contributed by atoms with Crippen molar-refractivity contribution in [2.75, 3.05) is 13.1 Å². The molecule has 0 saturated carbocycles. The number of carbonyl (C=O) groups is 2. The second-order valence-electron chi connectivity index (χ2n) is 6.00. The number of nitrogens with two attached hydrogens (primary N) is 2. The predicted octanol–water partition coefficient (Wildman–Crippen LogP) is 1.13. The van der Waals surface area contributed by atoms with E-state index < -0.39 is 5.91 Å². The van der Waals surface area contributed by atoms with Crippen molar-refractivity contribution >= 4 is 23.2 Å². The number of benzene rings is 1. The van der Waals surface area contributed by atoms with Gasteiger partial charge in [-0.15, -0.1) is 11.3 Å². The summed E-state index contributed by atoms with van der Waals surface area (Å²) in [4.78, 5) is 23.8. The summed E-state index contributed by atoms with van der Waals surface area (Å²) in [6, 6.07) is 12.7. The molecule has 2 aromatic rings. The number of carbonyl (C=O) groups excluding carboxylic acids is 2. The van der Waals surface area contributed by atoms with E-state index in [0.717, 1.165) is 5.56 Å². The average Bonchev–Trinajstić information content (AvgIpc) is 3.08. The molecule has 5 N–H and O–H groups in total. The van der Waals surface area contributed by atoms with Crippen LogP contribution >= 0.6 is 11.3 Å². The molecule has 2 rings (SSSR count). The maximum atomic E-state index is 11.8. The molecular formula is C18H24N3O2S+. The van der Waals surface area contributed by atoms with Crippen LogP contribution in [0.2, 0.25) is 0 Å². The van der Waals surface area contributed by atoms with Crippen LogP contribution in [0.5, 0.6) is 0 Å². The highest BCUT2D eigenvalue weighted by Gasteiger charge is 2.20. The van der Waals surface area contributed by atoms with Crippen molar-refractivity contribution in [1.82, 2.24) is 5.32 Å². The van der Waals surface area contributed by atoms with Crippen molar-refractivity contribution in [2.45, 2.75) is 25.8 Å². The SMILES string of the molecule is CC(C)c1ccc([C@@H]([NH2+]CC(=O)NCC(N)=O)c2cccs2)cc1. The third kappa shape index (κ3) is 5.18. The van der Waals surface area contributed by atoms with Crippen LogP contribution in [0.4, 0.5) is 0 Å². The van der Waals surface area contributed by atoms with Gasteiger partial charge < -0.3 is 16.4 Å². The Kier molecular flexibility index (Phi) is 6.52. The zero-order valence-corrected chi connectivity index (χ0v) is 14.8. The topological polar surface area (TPSA) is 88.8 Å². The van der Waals surface area contributed by atoms with Gasteiger partial charge in [0.1, 0.15) is 6.04 Å². The summed E-state index contributed by atoms with van der Waals surface area (Å²) in [7, 11) is 0. The Balaban J connectivity index is 2.08. The molecule has 1 heterocycles. The van der Waals surface area contributed by atoms with E-state index in [0.29, 0.717) is 5.92 Å². The lowest BCUT2D eigenvalue weighted by molar-refractivity contribution is -0.676. The van der Waals surface area contributed by atoms with Crippen LogP contribution in [-0.2, 0) is 9.59 Å². The van der Waals surface area contributed by atoms with E-state index in [1.54, 1.807) is 11.3 Å². The summed E-state index contributed by atoms with van der Waals surface area (Å²) in [6.07, 6.45) is 0. The standard InChI is InChI=1S/C18H23N3O2S/c1-12(2)13-5-7-14(8-6-13)18(15-4-3-9-24-15)21-11-17(23)20-10-16(19)22/h3-9,12,18,21H,10-11H2,1-2H3,(H2,19,22)(H,20,23)/p+1/t18-/m1/s1. The van der Waals surface area contributed by atoms with Crippen molar-refractivity contribution in [3.63, 3.8) is 0 Å². The molecule has 1 aromatic carbocycles. The van der Waals surface area contributed by atoms with Crippen molar-refractivity contribution in [2.24, 2.45) is 5.73 Å². The van der Waals surface area contributed by atoms with Crippen LogP contribution in [0, 0.1) is 0 Å².